The number of nitrogens with zero attached hydrogens (tertiary/aromatic N) is 1. The molecule has 2 aromatic rings. The van der Waals surface area contributed by atoms with Crippen LogP contribution in [0, 0.1) is 5.82 Å². The number of aliphatic hydroxyl groups excluding tert-OH is 1. The number of amides is 1. The number of rotatable bonds is 5. The van der Waals surface area contributed by atoms with Gasteiger partial charge in [0.05, 0.1) is 11.2 Å². The summed E-state index contributed by atoms with van der Waals surface area (Å²) >= 11 is 1.49. The van der Waals surface area contributed by atoms with Crippen LogP contribution >= 0.6 is 11.3 Å². The molecule has 19 heavy (non-hydrogen) atoms. The Balaban J connectivity index is 1.85. The SMILES string of the molecule is O=C(NCCc1cscn1)[C@@H](O)c1cccc(F)c1. The molecule has 1 atom stereocenters. The molecule has 100 valence electrons. The minimum absolute atomic E-state index is 0.242. The normalized spacial score (nSPS) is 12.1. The van der Waals surface area contributed by atoms with Crippen molar-refractivity contribution in [3.05, 3.63) is 52.2 Å². The first-order valence-corrected chi connectivity index (χ1v) is 6.69. The van der Waals surface area contributed by atoms with E-state index in [1.807, 2.05) is 5.38 Å². The van der Waals surface area contributed by atoms with E-state index in [0.29, 0.717) is 13.0 Å². The molecule has 0 saturated carbocycles. The summed E-state index contributed by atoms with van der Waals surface area (Å²) in [5.74, 6) is -1.02. The standard InChI is InChI=1S/C13H13FN2O2S/c14-10-3-1-2-9(6-10)12(17)13(18)15-5-4-11-7-19-8-16-11/h1-3,6-8,12,17H,4-5H2,(H,15,18)/t12-/m0/s1. The Hall–Kier alpha value is -1.79. The minimum atomic E-state index is -1.36. The van der Waals surface area contributed by atoms with E-state index in [1.165, 1.54) is 29.5 Å². The van der Waals surface area contributed by atoms with Crippen molar-refractivity contribution >= 4 is 17.2 Å². The van der Waals surface area contributed by atoms with Gasteiger partial charge in [0.25, 0.3) is 5.91 Å². The third kappa shape index (κ3) is 3.84. The van der Waals surface area contributed by atoms with Crippen LogP contribution in [0.4, 0.5) is 4.39 Å². The second kappa shape index (κ2) is 6.40. The number of aromatic nitrogens is 1. The maximum Gasteiger partial charge on any atom is 0.253 e. The summed E-state index contributed by atoms with van der Waals surface area (Å²) < 4.78 is 13.0. The first-order chi connectivity index (χ1) is 9.16. The van der Waals surface area contributed by atoms with Crippen molar-refractivity contribution in [2.45, 2.75) is 12.5 Å². The number of benzene rings is 1. The van der Waals surface area contributed by atoms with Gasteiger partial charge in [-0.1, -0.05) is 12.1 Å². The molecule has 0 aliphatic carbocycles. The Morgan fingerprint density at radius 3 is 3.05 bits per heavy atom. The summed E-state index contributed by atoms with van der Waals surface area (Å²) in [7, 11) is 0. The van der Waals surface area contributed by atoms with Gasteiger partial charge in [-0.05, 0) is 17.7 Å². The zero-order valence-electron chi connectivity index (χ0n) is 10.0. The summed E-state index contributed by atoms with van der Waals surface area (Å²) in [5.41, 5.74) is 2.86. The zero-order chi connectivity index (χ0) is 13.7. The van der Waals surface area contributed by atoms with E-state index >= 15 is 0 Å². The molecule has 0 aliphatic rings. The molecule has 1 aromatic heterocycles. The third-order valence-electron chi connectivity index (χ3n) is 2.58. The lowest BCUT2D eigenvalue weighted by molar-refractivity contribution is -0.129. The van der Waals surface area contributed by atoms with Crippen LogP contribution in [0.2, 0.25) is 0 Å². The van der Waals surface area contributed by atoms with Gasteiger partial charge in [0.15, 0.2) is 6.10 Å². The molecule has 1 amide bonds. The molecule has 0 bridgehead atoms. The molecular formula is C13H13FN2O2S. The highest BCUT2D eigenvalue weighted by Crippen LogP contribution is 2.14. The summed E-state index contributed by atoms with van der Waals surface area (Å²) in [6, 6.07) is 5.37. The first kappa shape index (κ1) is 13.6. The predicted molar refractivity (Wildman–Crippen MR) is 70.2 cm³/mol. The minimum Gasteiger partial charge on any atom is -0.378 e. The van der Waals surface area contributed by atoms with Crippen LogP contribution in [-0.4, -0.2) is 22.5 Å². The highest BCUT2D eigenvalue weighted by atomic mass is 32.1. The lowest BCUT2D eigenvalue weighted by atomic mass is 10.1. The molecule has 0 unspecified atom stereocenters. The summed E-state index contributed by atoms with van der Waals surface area (Å²) in [5, 5.41) is 14.3. The van der Waals surface area contributed by atoms with E-state index in [-0.39, 0.29) is 5.56 Å². The first-order valence-electron chi connectivity index (χ1n) is 5.75. The zero-order valence-corrected chi connectivity index (χ0v) is 10.9. The smallest absolute Gasteiger partial charge is 0.253 e. The van der Waals surface area contributed by atoms with Crippen molar-refractivity contribution < 1.29 is 14.3 Å². The Kier molecular flexibility index (Phi) is 4.59. The van der Waals surface area contributed by atoms with Crippen molar-refractivity contribution in [1.82, 2.24) is 10.3 Å². The Bertz CT molecular complexity index is 545. The van der Waals surface area contributed by atoms with Crippen molar-refractivity contribution in [2.75, 3.05) is 6.54 Å². The maximum atomic E-state index is 13.0. The van der Waals surface area contributed by atoms with E-state index in [2.05, 4.69) is 10.3 Å². The number of thiazole rings is 1. The van der Waals surface area contributed by atoms with Crippen LogP contribution in [0.15, 0.2) is 35.2 Å². The lowest BCUT2D eigenvalue weighted by Crippen LogP contribution is -2.31. The molecule has 2 rings (SSSR count). The van der Waals surface area contributed by atoms with Gasteiger partial charge >= 0.3 is 0 Å². The number of halogens is 1. The molecule has 1 heterocycles. The monoisotopic (exact) mass is 280 g/mol. The van der Waals surface area contributed by atoms with E-state index < -0.39 is 17.8 Å². The molecule has 1 aromatic carbocycles. The van der Waals surface area contributed by atoms with Crippen LogP contribution in [0.25, 0.3) is 0 Å². The van der Waals surface area contributed by atoms with Gasteiger partial charge in [-0.25, -0.2) is 9.37 Å². The average Bonchev–Trinajstić information content (AvgIpc) is 2.91. The molecule has 0 fully saturated rings. The number of hydrogen-bond acceptors (Lipinski definition) is 4. The Labute approximate surface area is 113 Å². The number of aliphatic hydroxyl groups is 1. The largest absolute Gasteiger partial charge is 0.378 e. The van der Waals surface area contributed by atoms with Crippen molar-refractivity contribution in [1.29, 1.82) is 0 Å². The van der Waals surface area contributed by atoms with Crippen molar-refractivity contribution in [2.24, 2.45) is 0 Å². The molecule has 0 saturated heterocycles. The fourth-order valence-electron chi connectivity index (χ4n) is 1.60. The molecule has 2 N–H and O–H groups in total. The average molecular weight is 280 g/mol. The Morgan fingerprint density at radius 2 is 2.37 bits per heavy atom. The second-order valence-electron chi connectivity index (χ2n) is 3.98. The summed E-state index contributed by atoms with van der Waals surface area (Å²) in [4.78, 5) is 15.8. The van der Waals surface area contributed by atoms with Gasteiger partial charge in [0.2, 0.25) is 0 Å². The van der Waals surface area contributed by atoms with Gasteiger partial charge in [-0.2, -0.15) is 0 Å². The maximum absolute atomic E-state index is 13.0. The molecule has 0 radical (unpaired) electrons. The fourth-order valence-corrected chi connectivity index (χ4v) is 2.19. The van der Waals surface area contributed by atoms with Gasteiger partial charge in [0, 0.05) is 18.3 Å². The van der Waals surface area contributed by atoms with Gasteiger partial charge in [0.1, 0.15) is 5.82 Å². The molecule has 4 nitrogen and oxygen atoms in total. The van der Waals surface area contributed by atoms with Crippen LogP contribution in [0.1, 0.15) is 17.4 Å². The second-order valence-corrected chi connectivity index (χ2v) is 4.70. The van der Waals surface area contributed by atoms with Gasteiger partial charge in [-0.15, -0.1) is 11.3 Å². The van der Waals surface area contributed by atoms with E-state index in [9.17, 15) is 14.3 Å². The number of nitrogens with one attached hydrogen (secondary N) is 1. The Morgan fingerprint density at radius 1 is 1.53 bits per heavy atom. The van der Waals surface area contributed by atoms with Gasteiger partial charge < -0.3 is 10.4 Å². The van der Waals surface area contributed by atoms with Crippen LogP contribution in [0.5, 0.6) is 0 Å². The molecule has 6 heteroatoms. The quantitative estimate of drug-likeness (QED) is 0.876. The fraction of sp³-hybridized carbons (Fsp3) is 0.231. The van der Waals surface area contributed by atoms with E-state index in [1.54, 1.807) is 5.51 Å². The predicted octanol–water partition coefficient (Wildman–Crippen LogP) is 1.67. The highest BCUT2D eigenvalue weighted by Gasteiger charge is 2.17. The van der Waals surface area contributed by atoms with Crippen LogP contribution < -0.4 is 5.32 Å². The van der Waals surface area contributed by atoms with Crippen LogP contribution in [0.3, 0.4) is 0 Å². The highest BCUT2D eigenvalue weighted by molar-refractivity contribution is 7.07. The lowest BCUT2D eigenvalue weighted by Gasteiger charge is -2.11. The van der Waals surface area contributed by atoms with Crippen LogP contribution in [-0.2, 0) is 11.2 Å². The molecule has 0 spiro atoms. The molecular weight excluding hydrogens is 267 g/mol. The van der Waals surface area contributed by atoms with Crippen molar-refractivity contribution in [3.63, 3.8) is 0 Å². The molecule has 0 aliphatic heterocycles. The number of carbonyl (C=O) groups excluding carboxylic acids is 1. The van der Waals surface area contributed by atoms with Crippen molar-refractivity contribution in [3.8, 4) is 0 Å². The third-order valence-corrected chi connectivity index (χ3v) is 3.21. The number of carbonyl (C=O) groups is 1. The number of hydrogen-bond donors (Lipinski definition) is 2. The topological polar surface area (TPSA) is 62.2 Å². The van der Waals surface area contributed by atoms with Gasteiger partial charge in [-0.3, -0.25) is 4.79 Å². The van der Waals surface area contributed by atoms with E-state index in [0.717, 1.165) is 11.8 Å². The summed E-state index contributed by atoms with van der Waals surface area (Å²) in [6.07, 6.45) is -0.753. The summed E-state index contributed by atoms with van der Waals surface area (Å²) in [6.45, 7) is 0.384. The van der Waals surface area contributed by atoms with E-state index in [4.69, 9.17) is 0 Å².